The smallest absolute Gasteiger partial charge is 0.339 e. The predicted octanol–water partition coefficient (Wildman–Crippen LogP) is 2.89. The van der Waals surface area contributed by atoms with Gasteiger partial charge in [-0.3, -0.25) is 4.98 Å². The van der Waals surface area contributed by atoms with Crippen molar-refractivity contribution in [2.75, 3.05) is 0 Å². The molecule has 3 nitrogen and oxygen atoms in total. The number of hydrogen-bond donors (Lipinski definition) is 1. The van der Waals surface area contributed by atoms with Gasteiger partial charge in [0.05, 0.1) is 10.5 Å². The molecular formula is C11H8ClNO2. The van der Waals surface area contributed by atoms with Crippen LogP contribution in [0.3, 0.4) is 0 Å². The molecule has 0 aliphatic heterocycles. The van der Waals surface area contributed by atoms with Crippen LogP contribution in [0.4, 0.5) is 0 Å². The van der Waals surface area contributed by atoms with Crippen molar-refractivity contribution in [2.45, 2.75) is 6.92 Å². The predicted molar refractivity (Wildman–Crippen MR) is 58.4 cm³/mol. The van der Waals surface area contributed by atoms with E-state index < -0.39 is 5.97 Å². The van der Waals surface area contributed by atoms with E-state index in [1.165, 1.54) is 0 Å². The van der Waals surface area contributed by atoms with Gasteiger partial charge in [-0.15, -0.1) is 0 Å². The Labute approximate surface area is 92.8 Å². The van der Waals surface area contributed by atoms with Crippen molar-refractivity contribution in [1.29, 1.82) is 1.43 Å². The van der Waals surface area contributed by atoms with Gasteiger partial charge in [0.2, 0.25) is 0 Å². The lowest BCUT2D eigenvalue weighted by atomic mass is 10.1. The molecule has 1 heterocycles. The van der Waals surface area contributed by atoms with E-state index in [1.54, 1.807) is 18.3 Å². The maximum Gasteiger partial charge on any atom is 0.339 e. The maximum absolute atomic E-state index is 11.4. The Morgan fingerprint density at radius 2 is 2.40 bits per heavy atom. The van der Waals surface area contributed by atoms with Gasteiger partial charge in [-0.25, -0.2) is 4.79 Å². The number of nitrogens with zero attached hydrogens (tertiary/aromatic N) is 1. The zero-order valence-corrected chi connectivity index (χ0v) is 8.71. The van der Waals surface area contributed by atoms with Gasteiger partial charge in [0.1, 0.15) is 5.56 Å². The van der Waals surface area contributed by atoms with Crippen LogP contribution in [0.5, 0.6) is 0 Å². The highest BCUT2D eigenvalue weighted by molar-refractivity contribution is 6.35. The first kappa shape index (κ1) is 8.68. The Hall–Kier alpha value is -1.61. The average Bonchev–Trinajstić information content (AvgIpc) is 2.28. The van der Waals surface area contributed by atoms with Gasteiger partial charge in [0.15, 0.2) is 0 Å². The first-order valence-electron chi connectivity index (χ1n) is 4.76. The first-order chi connectivity index (χ1) is 7.63. The number of carboxylic acid groups (broad SMARTS) is 1. The van der Waals surface area contributed by atoms with E-state index in [1.807, 2.05) is 13.0 Å². The lowest BCUT2D eigenvalue weighted by molar-refractivity contribution is 0.0699. The number of pyridine rings is 1. The Morgan fingerprint density at radius 1 is 1.60 bits per heavy atom. The second-order valence-corrected chi connectivity index (χ2v) is 3.70. The van der Waals surface area contributed by atoms with E-state index in [0.717, 1.165) is 10.9 Å². The zero-order valence-electron chi connectivity index (χ0n) is 8.95. The van der Waals surface area contributed by atoms with E-state index in [0.29, 0.717) is 5.52 Å². The molecule has 2 aromatic rings. The van der Waals surface area contributed by atoms with Gasteiger partial charge < -0.3 is 5.11 Å². The number of aryl methyl sites for hydroxylation is 1. The van der Waals surface area contributed by atoms with E-state index in [4.69, 9.17) is 13.0 Å². The topological polar surface area (TPSA) is 50.2 Å². The van der Waals surface area contributed by atoms with Crippen LogP contribution in [0, 0.1) is 6.92 Å². The quantitative estimate of drug-likeness (QED) is 0.807. The van der Waals surface area contributed by atoms with E-state index >= 15 is 0 Å². The van der Waals surface area contributed by atoms with E-state index in [-0.39, 0.29) is 10.6 Å². The standard InChI is InChI=1S/C11H8ClNO2/c1-6-4-7-2-3-8(12)9(11(14)15)10(7)13-5-6/h2-5H,1H3,(H,14,15)/i/hD. The zero-order chi connectivity index (χ0) is 11.7. The lowest BCUT2D eigenvalue weighted by Gasteiger charge is -2.04. The van der Waals surface area contributed by atoms with Crippen LogP contribution in [-0.4, -0.2) is 16.1 Å². The van der Waals surface area contributed by atoms with Crippen LogP contribution in [0.1, 0.15) is 15.9 Å². The lowest BCUT2D eigenvalue weighted by Crippen LogP contribution is -2.00. The Morgan fingerprint density at radius 3 is 3.13 bits per heavy atom. The van der Waals surface area contributed by atoms with E-state index in [9.17, 15) is 4.79 Å². The third kappa shape index (κ3) is 1.66. The number of carboxylic acids is 1. The summed E-state index contributed by atoms with van der Waals surface area (Å²) in [7, 11) is 0. The monoisotopic (exact) mass is 222 g/mol. The third-order valence-corrected chi connectivity index (χ3v) is 2.46. The average molecular weight is 223 g/mol. The Balaban J connectivity index is 2.79. The molecule has 0 aliphatic rings. The molecule has 15 heavy (non-hydrogen) atoms. The minimum atomic E-state index is -0.799. The van der Waals surface area contributed by atoms with Gasteiger partial charge >= 0.3 is 5.97 Å². The van der Waals surface area contributed by atoms with Crippen LogP contribution in [0.15, 0.2) is 24.4 Å². The second kappa shape index (κ2) is 3.51. The fourth-order valence-corrected chi connectivity index (χ4v) is 1.71. The van der Waals surface area contributed by atoms with Crippen molar-refractivity contribution in [2.24, 2.45) is 0 Å². The Bertz CT molecular complexity index is 571. The van der Waals surface area contributed by atoms with Crippen molar-refractivity contribution in [3.63, 3.8) is 0 Å². The maximum atomic E-state index is 11.4. The number of aromatic nitrogens is 1. The highest BCUT2D eigenvalue weighted by Crippen LogP contribution is 2.24. The summed E-state index contributed by atoms with van der Waals surface area (Å²) in [4.78, 5) is 15.5. The van der Waals surface area contributed by atoms with Crippen LogP contribution in [-0.2, 0) is 0 Å². The van der Waals surface area contributed by atoms with Crippen molar-refractivity contribution in [1.82, 2.24) is 4.98 Å². The summed E-state index contributed by atoms with van der Waals surface area (Å²) in [6.45, 7) is 1.91. The molecule has 4 heteroatoms. The summed E-state index contributed by atoms with van der Waals surface area (Å²) in [5.74, 6) is -0.799. The minimum Gasteiger partial charge on any atom is -0.478 e. The minimum absolute atomic E-state index is 0.133. The van der Waals surface area contributed by atoms with Gasteiger partial charge in [0, 0.05) is 11.6 Å². The summed E-state index contributed by atoms with van der Waals surface area (Å²) >= 11 is 5.89. The molecule has 1 aromatic carbocycles. The fourth-order valence-electron chi connectivity index (χ4n) is 1.48. The number of benzene rings is 1. The molecule has 0 aliphatic carbocycles. The molecule has 0 bridgehead atoms. The molecular weight excluding hydrogens is 214 g/mol. The molecule has 0 spiro atoms. The molecule has 0 radical (unpaired) electrons. The van der Waals surface area contributed by atoms with Crippen LogP contribution < -0.4 is 0 Å². The second-order valence-electron chi connectivity index (χ2n) is 3.29. The summed E-state index contributed by atoms with van der Waals surface area (Å²) in [5, 5.41) is 4.98. The molecule has 0 saturated heterocycles. The van der Waals surface area contributed by atoms with E-state index in [2.05, 4.69) is 10.1 Å². The normalized spacial score (nSPS) is 11.2. The number of fused-ring (bicyclic) bond motifs is 1. The number of hydrogen-bond acceptors (Lipinski definition) is 3. The molecule has 1 N–H and O–H groups in total. The van der Waals surface area contributed by atoms with Gasteiger partial charge in [-0.1, -0.05) is 17.7 Å². The highest BCUT2D eigenvalue weighted by atomic mass is 35.5. The molecule has 2 rings (SSSR count). The van der Waals surface area contributed by atoms with Gasteiger partial charge in [-0.2, -0.15) is 0 Å². The largest absolute Gasteiger partial charge is 0.478 e. The molecule has 0 fully saturated rings. The molecule has 0 amide bonds. The molecule has 76 valence electrons. The first-order valence-corrected chi connectivity index (χ1v) is 4.73. The number of carbonyl (C=O) groups is 1. The third-order valence-electron chi connectivity index (χ3n) is 2.14. The van der Waals surface area contributed by atoms with Crippen LogP contribution in [0.2, 0.25) is 5.02 Å². The Kier molecular flexibility index (Phi) is 2.03. The number of aromatic carboxylic acids is 1. The highest BCUT2D eigenvalue weighted by Gasteiger charge is 2.14. The molecule has 0 atom stereocenters. The number of halogens is 1. The fraction of sp³-hybridized carbons (Fsp3) is 0.0909. The van der Waals surface area contributed by atoms with Crippen LogP contribution in [0.25, 0.3) is 12.3 Å². The number of rotatable bonds is 1. The SMILES string of the molecule is [2H]OC(=O)c1c(Cl)ccc2cc(C)cnc12. The van der Waals surface area contributed by atoms with Crippen molar-refractivity contribution in [3.05, 3.63) is 40.5 Å². The summed E-state index contributed by atoms with van der Waals surface area (Å²) in [6.07, 6.45) is 1.64. The van der Waals surface area contributed by atoms with Crippen molar-refractivity contribution < 1.29 is 9.90 Å². The van der Waals surface area contributed by atoms with Crippen molar-refractivity contribution >= 4 is 28.5 Å². The van der Waals surface area contributed by atoms with Crippen molar-refractivity contribution in [3.8, 4) is 0 Å². The summed E-state index contributed by atoms with van der Waals surface area (Å²) < 4.78 is 6.62. The van der Waals surface area contributed by atoms with Gasteiger partial charge in [-0.05, 0) is 24.6 Å². The van der Waals surface area contributed by atoms with Crippen LogP contribution >= 0.6 is 11.6 Å². The molecule has 1 aromatic heterocycles. The summed E-state index contributed by atoms with van der Waals surface area (Å²) in [6, 6.07) is 5.26. The summed E-state index contributed by atoms with van der Waals surface area (Å²) in [5.41, 5.74) is 1.57. The van der Waals surface area contributed by atoms with Gasteiger partial charge in [0.25, 0.3) is 1.43 Å². The molecule has 0 unspecified atom stereocenters. The molecule has 0 saturated carbocycles.